The van der Waals surface area contributed by atoms with Crippen LogP contribution in [-0.2, 0) is 0 Å². The molecule has 2 aromatic heterocycles. The van der Waals surface area contributed by atoms with E-state index in [2.05, 4.69) is 205 Å². The van der Waals surface area contributed by atoms with Crippen LogP contribution in [-0.4, -0.2) is 19.5 Å². The fraction of sp³-hybridized carbons (Fsp3) is 0. The van der Waals surface area contributed by atoms with Crippen molar-refractivity contribution in [2.45, 2.75) is 0 Å². The number of hydrogen-bond acceptors (Lipinski definition) is 3. The Kier molecular flexibility index (Phi) is 7.50. The Labute approximate surface area is 341 Å². The Morgan fingerprint density at radius 2 is 0.797 bits per heavy atom. The normalized spacial score (nSPS) is 11.7. The van der Waals surface area contributed by atoms with E-state index < -0.39 is 0 Å². The van der Waals surface area contributed by atoms with E-state index in [1.165, 1.54) is 55.5 Å². The van der Waals surface area contributed by atoms with Crippen LogP contribution in [0.5, 0.6) is 0 Å². The summed E-state index contributed by atoms with van der Waals surface area (Å²) in [6.07, 6.45) is 0. The highest BCUT2D eigenvalue weighted by atomic mass is 15.2. The quantitative estimate of drug-likeness (QED) is 0.170. The van der Waals surface area contributed by atoms with Gasteiger partial charge in [0.25, 0.3) is 0 Å². The molecule has 4 nitrogen and oxygen atoms in total. The van der Waals surface area contributed by atoms with Gasteiger partial charge in [0.05, 0.1) is 11.0 Å². The third-order valence-electron chi connectivity index (χ3n) is 11.8. The standard InChI is InChI=1S/C55H34N4/c1-4-15-35(16-5-1)37-27-29-39(30-28-37)53-56-54(58-55(57-53)59-49-25-12-10-21-41(49)42-22-11-13-26-50(42)59)45-32-31-44-48-34-40(36-17-6-2-7-18-36)33-47(38-19-8-3-9-20-38)52(48)46-24-14-23-43(45)51(44)46/h1-34H. The Morgan fingerprint density at radius 3 is 1.47 bits per heavy atom. The van der Waals surface area contributed by atoms with Crippen LogP contribution in [0.2, 0.25) is 0 Å². The van der Waals surface area contributed by atoms with Crippen molar-refractivity contribution in [1.82, 2.24) is 19.5 Å². The zero-order valence-electron chi connectivity index (χ0n) is 31.9. The first-order chi connectivity index (χ1) is 29.3. The molecule has 12 rings (SSSR count). The number of aromatic nitrogens is 4. The van der Waals surface area contributed by atoms with Crippen molar-refractivity contribution in [2.75, 3.05) is 0 Å². The molecule has 0 radical (unpaired) electrons. The number of nitrogens with zero attached hydrogens (tertiary/aromatic N) is 4. The first-order valence-corrected chi connectivity index (χ1v) is 20.0. The SMILES string of the molecule is c1ccc(-c2ccc(-c3nc(-c4ccc5c6c(cccc46)-c4c(-c6ccccc6)cc(-c6ccccc6)cc4-5)nc(-n4c5ccccc5c5ccccc54)n3)cc2)cc1. The van der Waals surface area contributed by atoms with Gasteiger partial charge in [0.2, 0.25) is 5.95 Å². The zero-order valence-corrected chi connectivity index (χ0v) is 31.9. The summed E-state index contributed by atoms with van der Waals surface area (Å²) in [6, 6.07) is 73.3. The fourth-order valence-electron chi connectivity index (χ4n) is 9.12. The van der Waals surface area contributed by atoms with E-state index in [4.69, 9.17) is 15.0 Å². The molecule has 59 heavy (non-hydrogen) atoms. The van der Waals surface area contributed by atoms with Crippen LogP contribution < -0.4 is 0 Å². The Balaban J connectivity index is 1.09. The molecule has 0 saturated heterocycles. The van der Waals surface area contributed by atoms with E-state index >= 15 is 0 Å². The average Bonchev–Trinajstić information content (AvgIpc) is 3.83. The van der Waals surface area contributed by atoms with Crippen molar-refractivity contribution in [2.24, 2.45) is 0 Å². The molecule has 11 aromatic rings. The first kappa shape index (κ1) is 33.2. The van der Waals surface area contributed by atoms with Crippen LogP contribution in [0.1, 0.15) is 0 Å². The lowest BCUT2D eigenvalue weighted by Gasteiger charge is -2.14. The van der Waals surface area contributed by atoms with Gasteiger partial charge in [-0.3, -0.25) is 4.57 Å². The van der Waals surface area contributed by atoms with Crippen LogP contribution in [0.3, 0.4) is 0 Å². The maximum absolute atomic E-state index is 5.38. The summed E-state index contributed by atoms with van der Waals surface area (Å²) in [5, 5.41) is 4.65. The lowest BCUT2D eigenvalue weighted by Crippen LogP contribution is -2.06. The van der Waals surface area contributed by atoms with Crippen LogP contribution >= 0.6 is 0 Å². The third kappa shape index (κ3) is 5.34. The lowest BCUT2D eigenvalue weighted by molar-refractivity contribution is 0.954. The van der Waals surface area contributed by atoms with Crippen LogP contribution in [0, 0.1) is 0 Å². The van der Waals surface area contributed by atoms with Gasteiger partial charge in [-0.15, -0.1) is 0 Å². The van der Waals surface area contributed by atoms with E-state index in [1.807, 2.05) is 6.07 Å². The second kappa shape index (κ2) is 13.3. The van der Waals surface area contributed by atoms with E-state index in [-0.39, 0.29) is 0 Å². The number of benzene rings is 9. The summed E-state index contributed by atoms with van der Waals surface area (Å²) < 4.78 is 2.19. The van der Waals surface area contributed by atoms with Crippen LogP contribution in [0.15, 0.2) is 206 Å². The number of fused-ring (bicyclic) bond motifs is 6. The van der Waals surface area contributed by atoms with Gasteiger partial charge in [-0.1, -0.05) is 176 Å². The summed E-state index contributed by atoms with van der Waals surface area (Å²) in [7, 11) is 0. The van der Waals surface area contributed by atoms with E-state index in [9.17, 15) is 0 Å². The molecule has 9 aromatic carbocycles. The predicted molar refractivity (Wildman–Crippen MR) is 243 cm³/mol. The van der Waals surface area contributed by atoms with Gasteiger partial charge >= 0.3 is 0 Å². The molecule has 274 valence electrons. The zero-order chi connectivity index (χ0) is 38.9. The summed E-state index contributed by atoms with van der Waals surface area (Å²) in [5.74, 6) is 1.84. The summed E-state index contributed by atoms with van der Waals surface area (Å²) >= 11 is 0. The number of hydrogen-bond donors (Lipinski definition) is 0. The second-order valence-electron chi connectivity index (χ2n) is 15.2. The predicted octanol–water partition coefficient (Wildman–Crippen LogP) is 14.1. The van der Waals surface area contributed by atoms with Gasteiger partial charge < -0.3 is 0 Å². The van der Waals surface area contributed by atoms with Gasteiger partial charge in [0.1, 0.15) is 0 Å². The minimum absolute atomic E-state index is 0.583. The highest BCUT2D eigenvalue weighted by molar-refractivity contribution is 6.21. The maximum atomic E-state index is 5.38. The molecule has 4 heteroatoms. The monoisotopic (exact) mass is 750 g/mol. The van der Waals surface area contributed by atoms with E-state index in [1.54, 1.807) is 0 Å². The largest absolute Gasteiger partial charge is 0.278 e. The molecular weight excluding hydrogens is 717 g/mol. The molecule has 0 atom stereocenters. The fourth-order valence-corrected chi connectivity index (χ4v) is 9.12. The van der Waals surface area contributed by atoms with Gasteiger partial charge in [0.15, 0.2) is 11.6 Å². The van der Waals surface area contributed by atoms with Crippen molar-refractivity contribution in [3.8, 4) is 84.4 Å². The molecule has 0 bridgehead atoms. The van der Waals surface area contributed by atoms with Crippen molar-refractivity contribution in [1.29, 1.82) is 0 Å². The molecule has 0 aliphatic heterocycles. The van der Waals surface area contributed by atoms with Crippen molar-refractivity contribution in [3.63, 3.8) is 0 Å². The highest BCUT2D eigenvalue weighted by Gasteiger charge is 2.28. The first-order valence-electron chi connectivity index (χ1n) is 20.0. The Bertz CT molecular complexity index is 3350. The van der Waals surface area contributed by atoms with Crippen molar-refractivity contribution >= 4 is 32.6 Å². The van der Waals surface area contributed by atoms with Crippen molar-refractivity contribution in [3.05, 3.63) is 206 Å². The second-order valence-corrected chi connectivity index (χ2v) is 15.2. The Hall–Kier alpha value is -7.95. The summed E-state index contributed by atoms with van der Waals surface area (Å²) in [6.45, 7) is 0. The molecule has 0 N–H and O–H groups in total. The summed E-state index contributed by atoms with van der Waals surface area (Å²) in [5.41, 5.74) is 16.1. The molecule has 0 unspecified atom stereocenters. The van der Waals surface area contributed by atoms with Gasteiger partial charge in [-0.05, 0) is 96.7 Å². The van der Waals surface area contributed by atoms with Crippen LogP contribution in [0.4, 0.5) is 0 Å². The van der Waals surface area contributed by atoms with Crippen LogP contribution in [0.25, 0.3) is 117 Å². The molecule has 0 fully saturated rings. The molecule has 1 aliphatic carbocycles. The number of para-hydroxylation sites is 2. The molecule has 0 spiro atoms. The number of rotatable bonds is 6. The van der Waals surface area contributed by atoms with E-state index in [0.29, 0.717) is 17.6 Å². The molecule has 0 saturated carbocycles. The molecule has 0 amide bonds. The maximum Gasteiger partial charge on any atom is 0.238 e. The smallest absolute Gasteiger partial charge is 0.238 e. The highest BCUT2D eigenvalue weighted by Crippen LogP contribution is 2.54. The third-order valence-corrected chi connectivity index (χ3v) is 11.8. The van der Waals surface area contributed by atoms with E-state index in [0.717, 1.165) is 43.9 Å². The van der Waals surface area contributed by atoms with Gasteiger partial charge in [-0.2, -0.15) is 9.97 Å². The summed E-state index contributed by atoms with van der Waals surface area (Å²) in [4.78, 5) is 15.9. The lowest BCUT2D eigenvalue weighted by atomic mass is 9.89. The Morgan fingerprint density at radius 1 is 0.288 bits per heavy atom. The topological polar surface area (TPSA) is 43.6 Å². The average molecular weight is 751 g/mol. The van der Waals surface area contributed by atoms with Gasteiger partial charge in [-0.25, -0.2) is 4.98 Å². The molecule has 2 heterocycles. The molecule has 1 aliphatic rings. The minimum atomic E-state index is 0.583. The van der Waals surface area contributed by atoms with Gasteiger partial charge in [0, 0.05) is 21.9 Å². The van der Waals surface area contributed by atoms with Crippen molar-refractivity contribution < 1.29 is 0 Å². The minimum Gasteiger partial charge on any atom is -0.278 e. The molecular formula is C55H34N4.